The van der Waals surface area contributed by atoms with Crippen molar-refractivity contribution in [2.45, 2.75) is 47.0 Å². The van der Waals surface area contributed by atoms with E-state index in [0.29, 0.717) is 5.92 Å². The van der Waals surface area contributed by atoms with Crippen molar-refractivity contribution in [3.05, 3.63) is 23.4 Å². The van der Waals surface area contributed by atoms with Gasteiger partial charge >= 0.3 is 0 Å². The van der Waals surface area contributed by atoms with E-state index in [0.717, 1.165) is 12.1 Å². The number of hydrogen-bond acceptors (Lipinski definition) is 2. The van der Waals surface area contributed by atoms with Crippen LogP contribution in [-0.2, 0) is 0 Å². The van der Waals surface area contributed by atoms with E-state index >= 15 is 0 Å². The average Bonchev–Trinajstić information content (AvgIpc) is 2.25. The zero-order chi connectivity index (χ0) is 11.7. The smallest absolute Gasteiger partial charge is 0.0333 e. The maximum Gasteiger partial charge on any atom is 0.0333 e. The number of rotatable bonds is 7. The molecule has 15 heavy (non-hydrogen) atoms. The molecule has 2 nitrogen and oxygen atoms in total. The van der Waals surface area contributed by atoms with Crippen LogP contribution >= 0.6 is 0 Å². The van der Waals surface area contributed by atoms with Gasteiger partial charge in [0.2, 0.25) is 0 Å². The Morgan fingerprint density at radius 1 is 1.40 bits per heavy atom. The molecule has 1 N–H and O–H groups in total. The molecule has 0 saturated carbocycles. The Bertz CT molecular complexity index is 235. The Labute approximate surface area is 94.2 Å². The lowest BCUT2D eigenvalue weighted by Crippen LogP contribution is -2.05. The minimum atomic E-state index is 0.708. The quantitative estimate of drug-likeness (QED) is 0.383. The van der Waals surface area contributed by atoms with Crippen molar-refractivity contribution in [3.63, 3.8) is 0 Å². The topological polar surface area (TPSA) is 24.4 Å². The minimum absolute atomic E-state index is 0.708. The van der Waals surface area contributed by atoms with Crippen LogP contribution in [0.2, 0.25) is 0 Å². The summed E-state index contributed by atoms with van der Waals surface area (Å²) < 4.78 is 0. The summed E-state index contributed by atoms with van der Waals surface area (Å²) >= 11 is 0. The predicted molar refractivity (Wildman–Crippen MR) is 68.9 cm³/mol. The van der Waals surface area contributed by atoms with Crippen LogP contribution < -0.4 is 5.43 Å². The fourth-order valence-corrected chi connectivity index (χ4v) is 1.59. The highest BCUT2D eigenvalue weighted by Crippen LogP contribution is 2.16. The fraction of sp³-hybridized carbons (Fsp3) is 0.615. The van der Waals surface area contributed by atoms with Crippen molar-refractivity contribution in [2.75, 3.05) is 0 Å². The van der Waals surface area contributed by atoms with Crippen LogP contribution in [0.15, 0.2) is 28.5 Å². The summed E-state index contributed by atoms with van der Waals surface area (Å²) in [6.45, 7) is 12.1. The molecular formula is C13H24N2. The number of nitrogens with one attached hydrogen (secondary N) is 1. The molecule has 0 atom stereocenters. The molecule has 0 heterocycles. The van der Waals surface area contributed by atoms with Gasteiger partial charge < -0.3 is 0 Å². The van der Waals surface area contributed by atoms with Gasteiger partial charge in [-0.3, -0.25) is 5.43 Å². The number of allylic oxidation sites excluding steroid dienone is 3. The van der Waals surface area contributed by atoms with E-state index in [9.17, 15) is 0 Å². The maximum absolute atomic E-state index is 3.68. The van der Waals surface area contributed by atoms with E-state index in [2.05, 4.69) is 44.1 Å². The monoisotopic (exact) mass is 208 g/mol. The highest BCUT2D eigenvalue weighted by molar-refractivity contribution is 5.24. The normalized spacial score (nSPS) is 13.1. The molecule has 0 spiro atoms. The molecule has 86 valence electrons. The third-order valence-electron chi connectivity index (χ3n) is 2.61. The first kappa shape index (κ1) is 13.9. The summed E-state index contributed by atoms with van der Waals surface area (Å²) in [6, 6.07) is 0. The summed E-state index contributed by atoms with van der Waals surface area (Å²) in [4.78, 5) is 0. The van der Waals surface area contributed by atoms with Crippen LogP contribution in [0.3, 0.4) is 0 Å². The van der Waals surface area contributed by atoms with Crippen molar-refractivity contribution in [3.8, 4) is 0 Å². The van der Waals surface area contributed by atoms with Crippen molar-refractivity contribution < 1.29 is 0 Å². The van der Waals surface area contributed by atoms with E-state index in [1.165, 1.54) is 18.4 Å². The van der Waals surface area contributed by atoms with E-state index in [-0.39, 0.29) is 0 Å². The highest BCUT2D eigenvalue weighted by atomic mass is 15.3. The predicted octanol–water partition coefficient (Wildman–Crippen LogP) is 3.87. The van der Waals surface area contributed by atoms with Gasteiger partial charge in [-0.05, 0) is 32.6 Å². The Kier molecular flexibility index (Phi) is 7.69. The molecule has 0 aliphatic carbocycles. The number of hydrogen-bond donors (Lipinski definition) is 1. The second-order valence-electron chi connectivity index (χ2n) is 3.85. The van der Waals surface area contributed by atoms with E-state index in [1.807, 2.05) is 13.0 Å². The van der Waals surface area contributed by atoms with Gasteiger partial charge in [-0.25, -0.2) is 0 Å². The highest BCUT2D eigenvalue weighted by Gasteiger charge is 2.01. The van der Waals surface area contributed by atoms with E-state index < -0.39 is 0 Å². The zero-order valence-electron chi connectivity index (χ0n) is 10.5. The summed E-state index contributed by atoms with van der Waals surface area (Å²) in [6.07, 6.45) is 7.78. The van der Waals surface area contributed by atoms with Crippen molar-refractivity contribution in [1.29, 1.82) is 0 Å². The lowest BCUT2D eigenvalue weighted by molar-refractivity contribution is 0.600. The maximum atomic E-state index is 3.68. The average molecular weight is 208 g/mol. The van der Waals surface area contributed by atoms with Crippen LogP contribution in [-0.4, -0.2) is 6.72 Å². The van der Waals surface area contributed by atoms with Crippen molar-refractivity contribution >= 4 is 6.72 Å². The van der Waals surface area contributed by atoms with E-state index in [4.69, 9.17) is 0 Å². The Hall–Kier alpha value is -1.05. The first-order valence-corrected chi connectivity index (χ1v) is 5.72. The largest absolute Gasteiger partial charge is 0.283 e. The first-order valence-electron chi connectivity index (χ1n) is 5.72. The molecule has 2 heteroatoms. The Balaban J connectivity index is 4.31. The van der Waals surface area contributed by atoms with Crippen LogP contribution in [0.1, 0.15) is 47.0 Å². The summed E-state index contributed by atoms with van der Waals surface area (Å²) in [5.41, 5.74) is 5.42. The molecule has 0 bridgehead atoms. The third-order valence-corrected chi connectivity index (χ3v) is 2.61. The van der Waals surface area contributed by atoms with Gasteiger partial charge in [-0.2, -0.15) is 5.10 Å². The van der Waals surface area contributed by atoms with Crippen LogP contribution in [0.4, 0.5) is 0 Å². The van der Waals surface area contributed by atoms with Gasteiger partial charge in [0.05, 0.1) is 0 Å². The molecule has 0 aromatic rings. The molecule has 0 unspecified atom stereocenters. The molecule has 0 aromatic heterocycles. The molecule has 0 amide bonds. The third kappa shape index (κ3) is 6.10. The van der Waals surface area contributed by atoms with E-state index in [1.54, 1.807) is 0 Å². The lowest BCUT2D eigenvalue weighted by atomic mass is 9.99. The summed E-state index contributed by atoms with van der Waals surface area (Å²) in [5.74, 6) is 0.708. The number of nitrogens with zero attached hydrogens (tertiary/aromatic N) is 1. The lowest BCUT2D eigenvalue weighted by Gasteiger charge is -2.10. The standard InChI is InChI=1S/C13H24N2/c1-6-12(7-2)9-11(4)10-13(8-3)15-14-5/h8-9,12,15H,5-7,10H2,1-4H3/b11-9-,13-8+. The van der Waals surface area contributed by atoms with Gasteiger partial charge in [-0.1, -0.05) is 31.6 Å². The van der Waals surface area contributed by atoms with Crippen molar-refractivity contribution in [2.24, 2.45) is 11.0 Å². The SMILES string of the molecule is C=NN/C(=C/C)C/C(C)=C\C(CC)CC. The van der Waals surface area contributed by atoms with Crippen LogP contribution in [0, 0.1) is 5.92 Å². The summed E-state index contributed by atoms with van der Waals surface area (Å²) in [5, 5.41) is 3.68. The van der Waals surface area contributed by atoms with Gasteiger partial charge in [0.15, 0.2) is 0 Å². The van der Waals surface area contributed by atoms with Gasteiger partial charge in [0.25, 0.3) is 0 Å². The van der Waals surface area contributed by atoms with Crippen molar-refractivity contribution in [1.82, 2.24) is 5.43 Å². The van der Waals surface area contributed by atoms with Crippen LogP contribution in [0.25, 0.3) is 0 Å². The molecule has 0 aliphatic heterocycles. The Morgan fingerprint density at radius 2 is 2.00 bits per heavy atom. The minimum Gasteiger partial charge on any atom is -0.283 e. The van der Waals surface area contributed by atoms with Gasteiger partial charge in [0.1, 0.15) is 0 Å². The second kappa shape index (κ2) is 8.27. The molecule has 0 rings (SSSR count). The molecule has 0 saturated heterocycles. The molecule has 0 aromatic carbocycles. The number of hydrazone groups is 1. The molecule has 0 radical (unpaired) electrons. The van der Waals surface area contributed by atoms with Gasteiger partial charge in [0, 0.05) is 18.8 Å². The first-order chi connectivity index (χ1) is 7.17. The molecule has 0 aliphatic rings. The Morgan fingerprint density at radius 3 is 2.40 bits per heavy atom. The molecular weight excluding hydrogens is 184 g/mol. The van der Waals surface area contributed by atoms with Crippen LogP contribution in [0.5, 0.6) is 0 Å². The fourth-order valence-electron chi connectivity index (χ4n) is 1.59. The van der Waals surface area contributed by atoms with Gasteiger partial charge in [-0.15, -0.1) is 0 Å². The molecule has 0 fully saturated rings. The summed E-state index contributed by atoms with van der Waals surface area (Å²) in [7, 11) is 0. The second-order valence-corrected chi connectivity index (χ2v) is 3.85. The zero-order valence-corrected chi connectivity index (χ0v) is 10.5.